The lowest BCUT2D eigenvalue weighted by Gasteiger charge is -2.18. The molecule has 0 aliphatic heterocycles. The Labute approximate surface area is 77.3 Å². The van der Waals surface area contributed by atoms with Crippen LogP contribution in [0.2, 0.25) is 0 Å². The molecule has 2 N–H and O–H groups in total. The Morgan fingerprint density at radius 2 is 2.15 bits per heavy atom. The van der Waals surface area contributed by atoms with Gasteiger partial charge in [0.1, 0.15) is 0 Å². The number of nitrogen functional groups attached to an aromatic ring is 1. The highest BCUT2D eigenvalue weighted by Gasteiger charge is 2.24. The van der Waals surface area contributed by atoms with Crippen molar-refractivity contribution in [3.63, 3.8) is 0 Å². The van der Waals surface area contributed by atoms with Crippen molar-refractivity contribution in [3.05, 3.63) is 0 Å². The average molecular weight is 181 g/mol. The molecule has 1 heterocycles. The van der Waals surface area contributed by atoms with Gasteiger partial charge in [0.25, 0.3) is 0 Å². The van der Waals surface area contributed by atoms with Gasteiger partial charge in [-0.15, -0.1) is 0 Å². The first-order valence-corrected chi connectivity index (χ1v) is 4.82. The zero-order valence-corrected chi connectivity index (χ0v) is 7.85. The predicted molar refractivity (Wildman–Crippen MR) is 48.9 cm³/mol. The minimum Gasteiger partial charge on any atom is -0.367 e. The minimum atomic E-state index is 0.345. The summed E-state index contributed by atoms with van der Waals surface area (Å²) in [6.45, 7) is 2.14. The van der Waals surface area contributed by atoms with Crippen LogP contribution in [0.5, 0.6) is 0 Å². The Kier molecular flexibility index (Phi) is 2.16. The number of aromatic nitrogens is 4. The number of tetrazole rings is 1. The molecule has 1 aliphatic rings. The van der Waals surface area contributed by atoms with Crippen LogP contribution in [0.15, 0.2) is 0 Å². The smallest absolute Gasteiger partial charge is 0.240 e. The van der Waals surface area contributed by atoms with E-state index in [1.54, 1.807) is 4.68 Å². The van der Waals surface area contributed by atoms with Crippen LogP contribution in [0.3, 0.4) is 0 Å². The van der Waals surface area contributed by atoms with E-state index in [1.165, 1.54) is 25.7 Å². The molecule has 72 valence electrons. The van der Waals surface area contributed by atoms with Crippen LogP contribution in [-0.4, -0.2) is 20.2 Å². The fraction of sp³-hybridized carbons (Fsp3) is 0.875. The number of nitrogens with zero attached hydrogens (tertiary/aromatic N) is 4. The highest BCUT2D eigenvalue weighted by molar-refractivity contribution is 5.11. The van der Waals surface area contributed by atoms with Gasteiger partial charge in [-0.2, -0.15) is 0 Å². The van der Waals surface area contributed by atoms with Crippen LogP contribution in [-0.2, 0) is 0 Å². The molecule has 1 fully saturated rings. The Bertz CT molecular complexity index is 276. The topological polar surface area (TPSA) is 69.6 Å². The van der Waals surface area contributed by atoms with E-state index in [2.05, 4.69) is 22.4 Å². The first-order valence-electron chi connectivity index (χ1n) is 4.82. The van der Waals surface area contributed by atoms with E-state index >= 15 is 0 Å². The number of nitrogens with two attached hydrogens (primary N) is 1. The van der Waals surface area contributed by atoms with Gasteiger partial charge in [0.05, 0.1) is 6.04 Å². The molecular weight excluding hydrogens is 166 g/mol. The maximum absolute atomic E-state index is 5.64. The fourth-order valence-corrected chi connectivity index (χ4v) is 2.13. The lowest BCUT2D eigenvalue weighted by atomic mass is 10.0. The van der Waals surface area contributed by atoms with E-state index in [9.17, 15) is 0 Å². The summed E-state index contributed by atoms with van der Waals surface area (Å²) in [4.78, 5) is 0. The third-order valence-electron chi connectivity index (χ3n) is 2.99. The molecule has 1 atom stereocenters. The summed E-state index contributed by atoms with van der Waals surface area (Å²) in [5.74, 6) is 1.13. The van der Waals surface area contributed by atoms with Gasteiger partial charge in [-0.1, -0.05) is 17.9 Å². The van der Waals surface area contributed by atoms with Crippen molar-refractivity contribution in [1.29, 1.82) is 0 Å². The number of rotatable bonds is 2. The molecule has 1 saturated carbocycles. The van der Waals surface area contributed by atoms with Gasteiger partial charge in [-0.05, 0) is 36.1 Å². The van der Waals surface area contributed by atoms with Crippen LogP contribution in [0.1, 0.15) is 38.6 Å². The normalized spacial score (nSPS) is 20.7. The number of anilines is 1. The Morgan fingerprint density at radius 1 is 1.46 bits per heavy atom. The van der Waals surface area contributed by atoms with Crippen molar-refractivity contribution in [3.8, 4) is 0 Å². The highest BCUT2D eigenvalue weighted by atomic mass is 15.6. The maximum Gasteiger partial charge on any atom is 0.240 e. The van der Waals surface area contributed by atoms with Crippen LogP contribution in [0.4, 0.5) is 5.95 Å². The average Bonchev–Trinajstić information content (AvgIpc) is 2.72. The third kappa shape index (κ3) is 1.50. The first kappa shape index (κ1) is 8.47. The lowest BCUT2D eigenvalue weighted by Crippen LogP contribution is -2.17. The van der Waals surface area contributed by atoms with Gasteiger partial charge in [0.15, 0.2) is 0 Å². The predicted octanol–water partition coefficient (Wildman–Crippen LogP) is 1.01. The van der Waals surface area contributed by atoms with Crippen LogP contribution < -0.4 is 5.73 Å². The molecule has 13 heavy (non-hydrogen) atoms. The SMILES string of the molecule is CC(C1CCCC1)n1nnnc1N. The van der Waals surface area contributed by atoms with Gasteiger partial charge in [-0.25, -0.2) is 4.68 Å². The largest absolute Gasteiger partial charge is 0.367 e. The Morgan fingerprint density at radius 3 is 2.69 bits per heavy atom. The highest BCUT2D eigenvalue weighted by Crippen LogP contribution is 2.33. The molecule has 1 unspecified atom stereocenters. The lowest BCUT2D eigenvalue weighted by molar-refractivity contribution is 0.333. The molecule has 0 aromatic carbocycles. The molecule has 1 aliphatic carbocycles. The van der Waals surface area contributed by atoms with Gasteiger partial charge >= 0.3 is 0 Å². The Balaban J connectivity index is 2.12. The van der Waals surface area contributed by atoms with Crippen molar-refractivity contribution in [2.75, 3.05) is 5.73 Å². The van der Waals surface area contributed by atoms with E-state index < -0.39 is 0 Å². The van der Waals surface area contributed by atoms with Gasteiger partial charge in [-0.3, -0.25) is 0 Å². The van der Waals surface area contributed by atoms with E-state index in [0.717, 1.165) is 0 Å². The van der Waals surface area contributed by atoms with Gasteiger partial charge in [0.2, 0.25) is 5.95 Å². The summed E-state index contributed by atoms with van der Waals surface area (Å²) in [5, 5.41) is 11.1. The Hall–Kier alpha value is -1.13. The summed E-state index contributed by atoms with van der Waals surface area (Å²) in [5.41, 5.74) is 5.64. The molecule has 0 amide bonds. The van der Waals surface area contributed by atoms with E-state index in [-0.39, 0.29) is 0 Å². The van der Waals surface area contributed by atoms with Crippen molar-refractivity contribution in [1.82, 2.24) is 20.2 Å². The molecule has 5 heteroatoms. The van der Waals surface area contributed by atoms with Crippen molar-refractivity contribution >= 4 is 5.95 Å². The van der Waals surface area contributed by atoms with Crippen molar-refractivity contribution in [2.45, 2.75) is 38.6 Å². The molecule has 5 nitrogen and oxygen atoms in total. The molecule has 0 saturated heterocycles. The maximum atomic E-state index is 5.64. The quantitative estimate of drug-likeness (QED) is 0.739. The van der Waals surface area contributed by atoms with Crippen molar-refractivity contribution in [2.24, 2.45) is 5.92 Å². The zero-order valence-electron chi connectivity index (χ0n) is 7.85. The van der Waals surface area contributed by atoms with Crippen molar-refractivity contribution < 1.29 is 0 Å². The number of hydrogen-bond donors (Lipinski definition) is 1. The summed E-state index contributed by atoms with van der Waals surface area (Å²) in [7, 11) is 0. The second kappa shape index (κ2) is 3.32. The summed E-state index contributed by atoms with van der Waals surface area (Å²) in [6.07, 6.45) is 5.22. The fourth-order valence-electron chi connectivity index (χ4n) is 2.13. The summed E-state index contributed by atoms with van der Waals surface area (Å²) < 4.78 is 1.73. The molecule has 0 radical (unpaired) electrons. The molecule has 1 aromatic rings. The second-order valence-corrected chi connectivity index (χ2v) is 3.77. The van der Waals surface area contributed by atoms with Gasteiger partial charge < -0.3 is 5.73 Å². The van der Waals surface area contributed by atoms with Crippen LogP contribution in [0.25, 0.3) is 0 Å². The first-order chi connectivity index (χ1) is 6.29. The molecule has 2 rings (SSSR count). The summed E-state index contributed by atoms with van der Waals surface area (Å²) >= 11 is 0. The number of hydrogen-bond acceptors (Lipinski definition) is 4. The third-order valence-corrected chi connectivity index (χ3v) is 2.99. The monoisotopic (exact) mass is 181 g/mol. The standard InChI is InChI=1S/C8H15N5/c1-6(7-4-2-3-5-7)13-8(9)10-11-12-13/h6-7H,2-5H2,1H3,(H2,9,10,12). The zero-order chi connectivity index (χ0) is 9.26. The molecular formula is C8H15N5. The molecule has 1 aromatic heterocycles. The van der Waals surface area contributed by atoms with Crippen LogP contribution >= 0.6 is 0 Å². The van der Waals surface area contributed by atoms with Gasteiger partial charge in [0, 0.05) is 0 Å². The van der Waals surface area contributed by atoms with E-state index in [0.29, 0.717) is 17.9 Å². The second-order valence-electron chi connectivity index (χ2n) is 3.77. The minimum absolute atomic E-state index is 0.345. The van der Waals surface area contributed by atoms with E-state index in [1.807, 2.05) is 0 Å². The van der Waals surface area contributed by atoms with Crippen LogP contribution in [0, 0.1) is 5.92 Å². The molecule has 0 bridgehead atoms. The molecule has 0 spiro atoms. The summed E-state index contributed by atoms with van der Waals surface area (Å²) in [6, 6.07) is 0.345. The van der Waals surface area contributed by atoms with E-state index in [4.69, 9.17) is 5.73 Å².